The molecule has 0 spiro atoms. The molecule has 0 fully saturated rings. The van der Waals surface area contributed by atoms with Gasteiger partial charge in [-0.25, -0.2) is 4.79 Å². The molecule has 4 nitrogen and oxygen atoms in total. The molecule has 1 aliphatic rings. The summed E-state index contributed by atoms with van der Waals surface area (Å²) < 4.78 is 5.33. The summed E-state index contributed by atoms with van der Waals surface area (Å²) in [7, 11) is 0. The van der Waals surface area contributed by atoms with Gasteiger partial charge in [-0.15, -0.1) is 11.6 Å². The van der Waals surface area contributed by atoms with Gasteiger partial charge in [-0.3, -0.25) is 0 Å². The lowest BCUT2D eigenvalue weighted by Crippen LogP contribution is -2.13. The quantitative estimate of drug-likeness (QED) is 0.608. The molecule has 96 valence electrons. The summed E-state index contributed by atoms with van der Waals surface area (Å²) in [5, 5.41) is 17.6. The highest BCUT2D eigenvalue weighted by Gasteiger charge is 2.24. The minimum absolute atomic E-state index is 0.0153. The molecule has 1 unspecified atom stereocenters. The molecule has 1 atom stereocenters. The lowest BCUT2D eigenvalue weighted by atomic mass is 10.0. The molecule has 0 saturated heterocycles. The van der Waals surface area contributed by atoms with Crippen LogP contribution in [-0.2, 0) is 9.53 Å². The topological polar surface area (TPSA) is 66.8 Å². The van der Waals surface area contributed by atoms with E-state index in [0.717, 1.165) is 0 Å². The van der Waals surface area contributed by atoms with Gasteiger partial charge in [-0.1, -0.05) is 18.4 Å². The van der Waals surface area contributed by atoms with Crippen molar-refractivity contribution < 1.29 is 19.7 Å². The maximum atomic E-state index is 11.1. The van der Waals surface area contributed by atoms with E-state index in [1.54, 1.807) is 13.0 Å². The number of ether oxygens (including phenoxy) is 1. The van der Waals surface area contributed by atoms with E-state index in [-0.39, 0.29) is 23.3 Å². The zero-order valence-corrected chi connectivity index (χ0v) is 10.6. The molecular weight excluding hydrogens is 256 g/mol. The third-order valence-corrected chi connectivity index (χ3v) is 2.24. The van der Waals surface area contributed by atoms with Crippen LogP contribution in [0.3, 0.4) is 0 Å². The van der Waals surface area contributed by atoms with Crippen molar-refractivity contribution in [2.75, 3.05) is 6.61 Å². The molecule has 0 radical (unpaired) electrons. The number of aliphatic carboxylic acids is 1. The number of alkyl halides is 1. The van der Waals surface area contributed by atoms with Crippen molar-refractivity contribution in [1.29, 1.82) is 0 Å². The third kappa shape index (κ3) is 3.37. The van der Waals surface area contributed by atoms with E-state index >= 15 is 0 Å². The molecule has 18 heavy (non-hydrogen) atoms. The highest BCUT2D eigenvalue weighted by molar-refractivity contribution is 6.21. The van der Waals surface area contributed by atoms with Crippen LogP contribution in [0.2, 0.25) is 0 Å². The van der Waals surface area contributed by atoms with Crippen LogP contribution in [-0.4, -0.2) is 28.2 Å². The van der Waals surface area contributed by atoms with Crippen molar-refractivity contribution in [3.05, 3.63) is 53.2 Å². The summed E-state index contributed by atoms with van der Waals surface area (Å²) in [4.78, 5) is 11.1. The second-order valence-corrected chi connectivity index (χ2v) is 4.21. The Morgan fingerprint density at radius 1 is 1.72 bits per heavy atom. The van der Waals surface area contributed by atoms with E-state index in [4.69, 9.17) is 26.6 Å². The van der Waals surface area contributed by atoms with Crippen molar-refractivity contribution in [2.24, 2.45) is 0 Å². The second-order valence-electron chi connectivity index (χ2n) is 3.52. The summed E-state index contributed by atoms with van der Waals surface area (Å²) in [5.74, 6) is -0.792. The minimum Gasteiger partial charge on any atom is -0.478 e. The molecule has 2 N–H and O–H groups in total. The number of carboxylic acid groups (broad SMARTS) is 1. The predicted octanol–water partition coefficient (Wildman–Crippen LogP) is 2.13. The standard InChI is InChI=1S/C13H13ClO4/c1-3-11-10(13(16)17)7-9(6-8(2)14)12(18-11)4-5-15/h4,6-8,15H,1,5H2,2H3,(H,16,17)/b9-6-,12-4+. The number of aliphatic hydroxyl groups is 1. The number of aliphatic hydroxyl groups excluding tert-OH is 1. The van der Waals surface area contributed by atoms with Crippen molar-refractivity contribution in [2.45, 2.75) is 12.3 Å². The van der Waals surface area contributed by atoms with Crippen LogP contribution >= 0.6 is 11.6 Å². The molecule has 1 rings (SSSR count). The highest BCUT2D eigenvalue weighted by atomic mass is 35.5. The van der Waals surface area contributed by atoms with Crippen LogP contribution in [0.25, 0.3) is 0 Å². The molecule has 0 saturated carbocycles. The van der Waals surface area contributed by atoms with Gasteiger partial charge in [0, 0.05) is 11.0 Å². The summed E-state index contributed by atoms with van der Waals surface area (Å²) in [5.41, 5.74) is 2.86. The molecule has 1 heterocycles. The lowest BCUT2D eigenvalue weighted by Gasteiger charge is -2.19. The number of hydrogen-bond acceptors (Lipinski definition) is 3. The SMILES string of the molecule is C=C=C1OC(=C/CO)/C(=C\C(C)Cl)C=C1C(=O)O. The summed E-state index contributed by atoms with van der Waals surface area (Å²) in [6, 6.07) is 0. The number of hydrogen-bond donors (Lipinski definition) is 2. The van der Waals surface area contributed by atoms with E-state index < -0.39 is 5.97 Å². The fourth-order valence-electron chi connectivity index (χ4n) is 1.43. The molecule has 0 aromatic heterocycles. The van der Waals surface area contributed by atoms with Gasteiger partial charge in [0.05, 0.1) is 6.61 Å². The summed E-state index contributed by atoms with van der Waals surface area (Å²) in [6.45, 7) is 4.87. The number of carbonyl (C=O) groups is 1. The third-order valence-electron chi connectivity index (χ3n) is 2.12. The Kier molecular flexibility index (Phi) is 4.98. The van der Waals surface area contributed by atoms with E-state index in [2.05, 4.69) is 12.3 Å². The molecule has 0 amide bonds. The number of halogens is 1. The first-order chi connectivity index (χ1) is 8.49. The van der Waals surface area contributed by atoms with Crippen molar-refractivity contribution in [3.63, 3.8) is 0 Å². The van der Waals surface area contributed by atoms with Gasteiger partial charge in [0.2, 0.25) is 0 Å². The highest BCUT2D eigenvalue weighted by Crippen LogP contribution is 2.29. The zero-order valence-electron chi connectivity index (χ0n) is 9.81. The number of allylic oxidation sites excluding steroid dienone is 2. The van der Waals surface area contributed by atoms with Crippen molar-refractivity contribution in [3.8, 4) is 0 Å². The van der Waals surface area contributed by atoms with Gasteiger partial charge in [0.1, 0.15) is 11.3 Å². The molecule has 0 aromatic rings. The molecular formula is C13H13ClO4. The van der Waals surface area contributed by atoms with Crippen LogP contribution < -0.4 is 0 Å². The summed E-state index contributed by atoms with van der Waals surface area (Å²) in [6.07, 6.45) is 4.46. The van der Waals surface area contributed by atoms with Gasteiger partial charge in [-0.2, -0.15) is 0 Å². The Morgan fingerprint density at radius 2 is 2.39 bits per heavy atom. The molecule has 0 bridgehead atoms. The maximum Gasteiger partial charge on any atom is 0.340 e. The predicted molar refractivity (Wildman–Crippen MR) is 68.0 cm³/mol. The van der Waals surface area contributed by atoms with Crippen molar-refractivity contribution in [1.82, 2.24) is 0 Å². The first-order valence-corrected chi connectivity index (χ1v) is 5.63. The second kappa shape index (κ2) is 6.26. The Hall–Kier alpha value is -1.74. The van der Waals surface area contributed by atoms with Gasteiger partial charge in [0.15, 0.2) is 5.76 Å². The fraction of sp³-hybridized carbons (Fsp3) is 0.231. The maximum absolute atomic E-state index is 11.1. The van der Waals surface area contributed by atoms with E-state index in [1.165, 1.54) is 12.2 Å². The minimum atomic E-state index is -1.14. The largest absolute Gasteiger partial charge is 0.478 e. The van der Waals surface area contributed by atoms with Gasteiger partial charge >= 0.3 is 5.97 Å². The number of rotatable bonds is 3. The first-order valence-electron chi connectivity index (χ1n) is 5.20. The van der Waals surface area contributed by atoms with Crippen LogP contribution in [0.1, 0.15) is 6.92 Å². The Bertz CT molecular complexity index is 491. The van der Waals surface area contributed by atoms with Crippen molar-refractivity contribution >= 4 is 17.6 Å². The Morgan fingerprint density at radius 3 is 2.83 bits per heavy atom. The Labute approximate surface area is 110 Å². The monoisotopic (exact) mass is 268 g/mol. The van der Waals surface area contributed by atoms with Crippen LogP contribution in [0.5, 0.6) is 0 Å². The van der Waals surface area contributed by atoms with Gasteiger partial charge in [-0.05, 0) is 19.1 Å². The van der Waals surface area contributed by atoms with E-state index in [0.29, 0.717) is 11.3 Å². The van der Waals surface area contributed by atoms with Gasteiger partial charge < -0.3 is 14.9 Å². The normalized spacial score (nSPS) is 21.3. The first kappa shape index (κ1) is 14.3. The molecule has 0 aromatic carbocycles. The fourth-order valence-corrected chi connectivity index (χ4v) is 1.56. The smallest absolute Gasteiger partial charge is 0.340 e. The zero-order chi connectivity index (χ0) is 13.7. The van der Waals surface area contributed by atoms with E-state index in [1.807, 2.05) is 0 Å². The average molecular weight is 269 g/mol. The summed E-state index contributed by atoms with van der Waals surface area (Å²) >= 11 is 5.84. The molecule has 5 heteroatoms. The molecule has 1 aliphatic heterocycles. The average Bonchev–Trinajstić information content (AvgIpc) is 2.30. The Balaban J connectivity index is 3.36. The molecule has 0 aliphatic carbocycles. The van der Waals surface area contributed by atoms with Crippen LogP contribution in [0, 0.1) is 0 Å². The van der Waals surface area contributed by atoms with E-state index in [9.17, 15) is 4.79 Å². The lowest BCUT2D eigenvalue weighted by molar-refractivity contribution is -0.132. The van der Waals surface area contributed by atoms with Crippen LogP contribution in [0.15, 0.2) is 53.2 Å². The van der Waals surface area contributed by atoms with Gasteiger partial charge in [0.25, 0.3) is 0 Å². The number of carboxylic acids is 1. The van der Waals surface area contributed by atoms with Crippen LogP contribution in [0.4, 0.5) is 0 Å².